The van der Waals surface area contributed by atoms with Gasteiger partial charge >= 0.3 is 5.97 Å². The van der Waals surface area contributed by atoms with E-state index in [-0.39, 0.29) is 10.6 Å². The molecule has 0 aliphatic rings. The first-order chi connectivity index (χ1) is 10.9. The number of esters is 1. The number of rotatable bonds is 4. The van der Waals surface area contributed by atoms with E-state index in [0.29, 0.717) is 16.3 Å². The summed E-state index contributed by atoms with van der Waals surface area (Å²) in [6, 6.07) is 9.90. The molecular formula is C16H12BrCl2NO3. The molecule has 23 heavy (non-hydrogen) atoms. The Labute approximate surface area is 151 Å². The van der Waals surface area contributed by atoms with Crippen LogP contribution in [0.1, 0.15) is 15.9 Å². The summed E-state index contributed by atoms with van der Waals surface area (Å²) in [5, 5.41) is 3.43. The van der Waals surface area contributed by atoms with E-state index in [4.69, 9.17) is 27.9 Å². The molecule has 4 nitrogen and oxygen atoms in total. The van der Waals surface area contributed by atoms with E-state index in [0.717, 1.165) is 4.47 Å². The van der Waals surface area contributed by atoms with Gasteiger partial charge in [0.05, 0.1) is 15.6 Å². The molecule has 0 aliphatic carbocycles. The molecule has 2 aromatic rings. The van der Waals surface area contributed by atoms with Gasteiger partial charge in [-0.15, -0.1) is 0 Å². The van der Waals surface area contributed by atoms with Crippen molar-refractivity contribution in [3.8, 4) is 0 Å². The van der Waals surface area contributed by atoms with Crippen LogP contribution in [0, 0.1) is 6.92 Å². The van der Waals surface area contributed by atoms with Gasteiger partial charge in [-0.2, -0.15) is 0 Å². The number of amides is 1. The van der Waals surface area contributed by atoms with Crippen molar-refractivity contribution in [1.82, 2.24) is 0 Å². The molecule has 0 unspecified atom stereocenters. The Bertz CT molecular complexity index is 765. The van der Waals surface area contributed by atoms with Gasteiger partial charge < -0.3 is 10.1 Å². The van der Waals surface area contributed by atoms with Crippen LogP contribution in [0.2, 0.25) is 10.0 Å². The van der Waals surface area contributed by atoms with Crippen molar-refractivity contribution < 1.29 is 14.3 Å². The molecule has 1 N–H and O–H groups in total. The third-order valence-corrected chi connectivity index (χ3v) is 4.75. The van der Waals surface area contributed by atoms with Crippen LogP contribution in [-0.2, 0) is 9.53 Å². The lowest BCUT2D eigenvalue weighted by Gasteiger charge is -2.11. The predicted molar refractivity (Wildman–Crippen MR) is 94.3 cm³/mol. The molecule has 0 saturated heterocycles. The second-order valence-electron chi connectivity index (χ2n) is 4.64. The van der Waals surface area contributed by atoms with Crippen LogP contribution in [0.4, 0.5) is 5.69 Å². The highest BCUT2D eigenvalue weighted by atomic mass is 79.9. The zero-order valence-electron chi connectivity index (χ0n) is 12.0. The number of hydrogen-bond donors (Lipinski definition) is 1. The van der Waals surface area contributed by atoms with Crippen molar-refractivity contribution >= 4 is 56.7 Å². The topological polar surface area (TPSA) is 55.4 Å². The Kier molecular flexibility index (Phi) is 6.04. The summed E-state index contributed by atoms with van der Waals surface area (Å²) in [5.74, 6) is -1.12. The van der Waals surface area contributed by atoms with Crippen LogP contribution in [0.25, 0.3) is 0 Å². The molecule has 0 heterocycles. The number of anilines is 1. The first-order valence-corrected chi connectivity index (χ1v) is 8.11. The fraction of sp³-hybridized carbons (Fsp3) is 0.125. The molecule has 1 amide bonds. The second-order valence-corrected chi connectivity index (χ2v) is 6.28. The lowest BCUT2D eigenvalue weighted by molar-refractivity contribution is -0.119. The number of nitrogens with one attached hydrogen (secondary N) is 1. The Balaban J connectivity index is 1.97. The highest BCUT2D eigenvalue weighted by Crippen LogP contribution is 2.30. The Morgan fingerprint density at radius 3 is 2.57 bits per heavy atom. The van der Waals surface area contributed by atoms with Crippen molar-refractivity contribution in [2.45, 2.75) is 6.92 Å². The number of benzene rings is 2. The molecule has 0 fully saturated rings. The summed E-state index contributed by atoms with van der Waals surface area (Å²) < 4.78 is 5.70. The summed E-state index contributed by atoms with van der Waals surface area (Å²) in [5.41, 5.74) is 1.48. The van der Waals surface area contributed by atoms with Crippen LogP contribution in [0.3, 0.4) is 0 Å². The summed E-state index contributed by atoms with van der Waals surface area (Å²) in [4.78, 5) is 23.8. The van der Waals surface area contributed by atoms with Crippen molar-refractivity contribution in [3.63, 3.8) is 0 Å². The van der Waals surface area contributed by atoms with E-state index < -0.39 is 18.5 Å². The van der Waals surface area contributed by atoms with Gasteiger partial charge in [-0.1, -0.05) is 35.3 Å². The number of hydrogen-bond acceptors (Lipinski definition) is 3. The Morgan fingerprint density at radius 2 is 1.87 bits per heavy atom. The van der Waals surface area contributed by atoms with E-state index >= 15 is 0 Å². The van der Waals surface area contributed by atoms with Crippen molar-refractivity contribution in [3.05, 3.63) is 62.0 Å². The fourth-order valence-electron chi connectivity index (χ4n) is 1.81. The van der Waals surface area contributed by atoms with Crippen LogP contribution in [0.15, 0.2) is 40.9 Å². The molecule has 0 saturated carbocycles. The van der Waals surface area contributed by atoms with Crippen molar-refractivity contribution in [2.75, 3.05) is 11.9 Å². The van der Waals surface area contributed by atoms with Gasteiger partial charge in [-0.05, 0) is 52.7 Å². The zero-order valence-corrected chi connectivity index (χ0v) is 15.1. The average molecular weight is 417 g/mol. The number of halogens is 3. The molecular weight excluding hydrogens is 405 g/mol. The minimum absolute atomic E-state index is 0.213. The minimum Gasteiger partial charge on any atom is -0.452 e. The lowest BCUT2D eigenvalue weighted by Crippen LogP contribution is -2.21. The van der Waals surface area contributed by atoms with Gasteiger partial charge in [-0.25, -0.2) is 4.79 Å². The highest BCUT2D eigenvalue weighted by molar-refractivity contribution is 9.10. The maximum absolute atomic E-state index is 11.9. The SMILES string of the molecule is Cc1c(NC(=O)COC(=O)c2ccccc2Cl)ccc(Br)c1Cl. The molecule has 120 valence electrons. The molecule has 0 spiro atoms. The molecule has 0 aliphatic heterocycles. The van der Waals surface area contributed by atoms with Crippen molar-refractivity contribution in [1.29, 1.82) is 0 Å². The van der Waals surface area contributed by atoms with E-state index in [9.17, 15) is 9.59 Å². The largest absolute Gasteiger partial charge is 0.452 e. The average Bonchev–Trinajstić information content (AvgIpc) is 2.53. The zero-order chi connectivity index (χ0) is 17.0. The van der Waals surface area contributed by atoms with Crippen molar-refractivity contribution in [2.24, 2.45) is 0 Å². The van der Waals surface area contributed by atoms with Crippen LogP contribution in [0.5, 0.6) is 0 Å². The highest BCUT2D eigenvalue weighted by Gasteiger charge is 2.14. The Hall–Kier alpha value is -1.56. The molecule has 0 bridgehead atoms. The molecule has 0 atom stereocenters. The van der Waals surface area contributed by atoms with Gasteiger partial charge in [0, 0.05) is 10.2 Å². The second kappa shape index (κ2) is 7.81. The monoisotopic (exact) mass is 415 g/mol. The predicted octanol–water partition coefficient (Wildman–Crippen LogP) is 4.86. The Morgan fingerprint density at radius 1 is 1.17 bits per heavy atom. The van der Waals surface area contributed by atoms with Crippen LogP contribution < -0.4 is 5.32 Å². The normalized spacial score (nSPS) is 10.3. The van der Waals surface area contributed by atoms with Crippen LogP contribution >= 0.6 is 39.1 Å². The van der Waals surface area contributed by atoms with E-state index in [1.807, 2.05) is 0 Å². The molecule has 0 radical (unpaired) electrons. The molecule has 7 heteroatoms. The minimum atomic E-state index is -0.656. The third kappa shape index (κ3) is 4.47. The van der Waals surface area contributed by atoms with E-state index in [1.54, 1.807) is 37.3 Å². The fourth-order valence-corrected chi connectivity index (χ4v) is 2.62. The standard InChI is InChI=1S/C16H12BrCl2NO3/c1-9-13(7-6-11(17)15(9)19)20-14(21)8-23-16(22)10-4-2-3-5-12(10)18/h2-7H,8H2,1H3,(H,20,21). The number of carbonyl (C=O) groups excluding carboxylic acids is 2. The quantitative estimate of drug-likeness (QED) is 0.724. The van der Waals surface area contributed by atoms with Crippen LogP contribution in [-0.4, -0.2) is 18.5 Å². The van der Waals surface area contributed by atoms with E-state index in [2.05, 4.69) is 21.2 Å². The third-order valence-electron chi connectivity index (χ3n) is 3.04. The maximum Gasteiger partial charge on any atom is 0.340 e. The molecule has 2 rings (SSSR count). The molecule has 0 aromatic heterocycles. The maximum atomic E-state index is 11.9. The summed E-state index contributed by atoms with van der Waals surface area (Å²) in [6.07, 6.45) is 0. The lowest BCUT2D eigenvalue weighted by atomic mass is 10.2. The summed E-state index contributed by atoms with van der Waals surface area (Å²) >= 11 is 15.3. The van der Waals surface area contributed by atoms with Gasteiger partial charge in [-0.3, -0.25) is 4.79 Å². The van der Waals surface area contributed by atoms with Gasteiger partial charge in [0.2, 0.25) is 0 Å². The first kappa shape index (κ1) is 17.8. The number of ether oxygens (including phenoxy) is 1. The summed E-state index contributed by atoms with van der Waals surface area (Å²) in [6.45, 7) is 1.36. The van der Waals surface area contributed by atoms with Gasteiger partial charge in [0.25, 0.3) is 5.91 Å². The number of carbonyl (C=O) groups is 2. The van der Waals surface area contributed by atoms with Gasteiger partial charge in [0.1, 0.15) is 0 Å². The smallest absolute Gasteiger partial charge is 0.340 e. The van der Waals surface area contributed by atoms with Gasteiger partial charge in [0.15, 0.2) is 6.61 Å². The van der Waals surface area contributed by atoms with E-state index in [1.165, 1.54) is 6.07 Å². The molecule has 2 aromatic carbocycles. The first-order valence-electron chi connectivity index (χ1n) is 6.56. The summed E-state index contributed by atoms with van der Waals surface area (Å²) in [7, 11) is 0.